The molecule has 1 aliphatic rings. The molecule has 1 fully saturated rings. The summed E-state index contributed by atoms with van der Waals surface area (Å²) in [4.78, 5) is 59.5. The van der Waals surface area contributed by atoms with E-state index in [0.717, 1.165) is 0 Å². The normalized spacial score (nSPS) is 14.3. The van der Waals surface area contributed by atoms with E-state index in [4.69, 9.17) is 49.3 Å². The molecule has 0 bridgehead atoms. The van der Waals surface area contributed by atoms with E-state index in [1.165, 1.54) is 22.6 Å². The van der Waals surface area contributed by atoms with Crippen LogP contribution in [0.2, 0.25) is 15.1 Å². The van der Waals surface area contributed by atoms with E-state index in [1.54, 1.807) is 51.2 Å². The maximum atomic E-state index is 13.3. The summed E-state index contributed by atoms with van der Waals surface area (Å²) in [5.74, 6) is 0.124. The number of amides is 2. The van der Waals surface area contributed by atoms with E-state index < -0.39 is 17.3 Å². The minimum atomic E-state index is -0.746. The third-order valence-electron chi connectivity index (χ3n) is 8.49. The summed E-state index contributed by atoms with van der Waals surface area (Å²) in [6.07, 6.45) is 3.68. The van der Waals surface area contributed by atoms with Crippen molar-refractivity contribution in [3.8, 4) is 39.4 Å². The van der Waals surface area contributed by atoms with Crippen molar-refractivity contribution in [3.05, 3.63) is 104 Å². The van der Waals surface area contributed by atoms with Gasteiger partial charge in [0, 0.05) is 53.7 Å². The number of nitrogens with zero attached hydrogens (tertiary/aromatic N) is 4. The van der Waals surface area contributed by atoms with Crippen LogP contribution in [0, 0.1) is 0 Å². The van der Waals surface area contributed by atoms with Crippen LogP contribution in [0.1, 0.15) is 49.5 Å². The zero-order valence-electron chi connectivity index (χ0n) is 28.7. The lowest BCUT2D eigenvalue weighted by molar-refractivity contribution is -0.119. The summed E-state index contributed by atoms with van der Waals surface area (Å²) in [6.45, 7) is 5.57. The molecule has 52 heavy (non-hydrogen) atoms. The third kappa shape index (κ3) is 7.62. The standard InChI is InChI=1S/C38H34Cl3N5O6/c1-38(2,3)52-37(50)45(18-23-11-12-32(48)43-23)19-28-29(39)16-30(44-35(28)51-4)27-10-6-9-26(34(27)41)25-8-5-7-24(33(25)40)21-13-14-46-31(15-21)42-17-22(20-47)36(46)49/h5-10,13-17,20,23H,11-12,18-19H2,1-4H3,(H,43,48)/t23-/m0/s1. The number of benzene rings is 2. The highest BCUT2D eigenvalue weighted by Gasteiger charge is 2.30. The topological polar surface area (TPSA) is 132 Å². The van der Waals surface area contributed by atoms with Gasteiger partial charge in [-0.15, -0.1) is 0 Å². The smallest absolute Gasteiger partial charge is 0.410 e. The lowest BCUT2D eigenvalue weighted by Gasteiger charge is -2.29. The average molecular weight is 763 g/mol. The number of carbonyl (C=O) groups is 3. The Hall–Kier alpha value is -4.97. The van der Waals surface area contributed by atoms with E-state index in [1.807, 2.05) is 30.3 Å². The van der Waals surface area contributed by atoms with Crippen molar-refractivity contribution in [2.75, 3.05) is 13.7 Å². The maximum absolute atomic E-state index is 13.3. The fourth-order valence-electron chi connectivity index (χ4n) is 6.01. The van der Waals surface area contributed by atoms with Crippen molar-refractivity contribution in [2.24, 2.45) is 0 Å². The predicted molar refractivity (Wildman–Crippen MR) is 200 cm³/mol. The van der Waals surface area contributed by atoms with Gasteiger partial charge < -0.3 is 19.7 Å². The molecular weight excluding hydrogens is 729 g/mol. The van der Waals surface area contributed by atoms with Gasteiger partial charge in [-0.2, -0.15) is 0 Å². The van der Waals surface area contributed by atoms with Crippen molar-refractivity contribution in [2.45, 2.75) is 51.8 Å². The summed E-state index contributed by atoms with van der Waals surface area (Å²) in [5, 5.41) is 3.96. The zero-order chi connectivity index (χ0) is 37.3. The number of pyridine rings is 2. The summed E-state index contributed by atoms with van der Waals surface area (Å²) < 4.78 is 12.7. The number of aldehydes is 1. The van der Waals surface area contributed by atoms with E-state index in [2.05, 4.69) is 10.3 Å². The average Bonchev–Trinajstić information content (AvgIpc) is 3.52. The number of aromatic nitrogens is 3. The Balaban J connectivity index is 1.34. The Labute approximate surface area is 314 Å². The zero-order valence-corrected chi connectivity index (χ0v) is 31.0. The molecule has 2 amide bonds. The molecule has 1 saturated heterocycles. The number of hydrogen-bond donors (Lipinski definition) is 1. The maximum Gasteiger partial charge on any atom is 0.410 e. The molecule has 0 aliphatic carbocycles. The molecule has 11 nitrogen and oxygen atoms in total. The number of rotatable bonds is 9. The van der Waals surface area contributed by atoms with E-state index in [9.17, 15) is 19.2 Å². The van der Waals surface area contributed by atoms with Crippen LogP contribution in [0.15, 0.2) is 71.8 Å². The molecule has 0 radical (unpaired) electrons. The first-order valence-corrected chi connectivity index (χ1v) is 17.5. The summed E-state index contributed by atoms with van der Waals surface area (Å²) in [7, 11) is 1.46. The Morgan fingerprint density at radius 2 is 1.69 bits per heavy atom. The number of carbonyl (C=O) groups excluding carboxylic acids is 3. The molecule has 5 aromatic rings. The Kier molecular flexibility index (Phi) is 10.6. The second-order valence-electron chi connectivity index (χ2n) is 13.3. The lowest BCUT2D eigenvalue weighted by Crippen LogP contribution is -2.43. The Morgan fingerprint density at radius 1 is 1.02 bits per heavy atom. The minimum absolute atomic E-state index is 0.0178. The van der Waals surface area contributed by atoms with Crippen LogP contribution in [-0.4, -0.2) is 62.9 Å². The van der Waals surface area contributed by atoms with Gasteiger partial charge in [-0.3, -0.25) is 18.8 Å². The third-order valence-corrected chi connectivity index (χ3v) is 9.64. The largest absolute Gasteiger partial charge is 0.481 e. The number of ether oxygens (including phenoxy) is 2. The van der Waals surface area contributed by atoms with Crippen LogP contribution >= 0.6 is 34.8 Å². The molecule has 2 aromatic carbocycles. The van der Waals surface area contributed by atoms with Gasteiger partial charge >= 0.3 is 6.09 Å². The van der Waals surface area contributed by atoms with Gasteiger partial charge in [0.15, 0.2) is 6.29 Å². The molecule has 0 saturated carbocycles. The number of nitrogens with one attached hydrogen (secondary N) is 1. The molecule has 0 unspecified atom stereocenters. The van der Waals surface area contributed by atoms with Gasteiger partial charge in [-0.05, 0) is 51.0 Å². The number of fused-ring (bicyclic) bond motifs is 1. The molecular formula is C38H34Cl3N5O6. The predicted octanol–water partition coefficient (Wildman–Crippen LogP) is 7.89. The van der Waals surface area contributed by atoms with Gasteiger partial charge in [0.05, 0.1) is 45.5 Å². The van der Waals surface area contributed by atoms with Crippen LogP contribution in [0.25, 0.3) is 39.2 Å². The highest BCUT2D eigenvalue weighted by atomic mass is 35.5. The second kappa shape index (κ2) is 14.9. The first-order valence-electron chi connectivity index (χ1n) is 16.3. The van der Waals surface area contributed by atoms with Crippen molar-refractivity contribution in [1.29, 1.82) is 0 Å². The van der Waals surface area contributed by atoms with Crippen molar-refractivity contribution < 1.29 is 23.9 Å². The minimum Gasteiger partial charge on any atom is -0.481 e. The molecule has 6 rings (SSSR count). The van der Waals surface area contributed by atoms with Crippen molar-refractivity contribution in [3.63, 3.8) is 0 Å². The molecule has 14 heteroatoms. The lowest BCUT2D eigenvalue weighted by atomic mass is 9.97. The van der Waals surface area contributed by atoms with E-state index in [-0.39, 0.29) is 41.5 Å². The van der Waals surface area contributed by atoms with E-state index >= 15 is 0 Å². The van der Waals surface area contributed by atoms with Crippen LogP contribution in [0.5, 0.6) is 5.88 Å². The molecule has 1 N–H and O–H groups in total. The first-order chi connectivity index (χ1) is 24.8. The number of halogens is 3. The van der Waals surface area contributed by atoms with Crippen LogP contribution < -0.4 is 15.6 Å². The van der Waals surface area contributed by atoms with Crippen molar-refractivity contribution >= 4 is 58.7 Å². The quantitative estimate of drug-likeness (QED) is 0.150. The fraction of sp³-hybridized carbons (Fsp3) is 0.263. The van der Waals surface area contributed by atoms with Gasteiger partial charge in [0.25, 0.3) is 5.56 Å². The fourth-order valence-corrected chi connectivity index (χ4v) is 6.91. The highest BCUT2D eigenvalue weighted by Crippen LogP contribution is 2.43. The number of hydrogen-bond acceptors (Lipinski definition) is 8. The molecule has 1 atom stereocenters. The van der Waals surface area contributed by atoms with Gasteiger partial charge in [0.2, 0.25) is 11.8 Å². The van der Waals surface area contributed by atoms with Gasteiger partial charge in [0.1, 0.15) is 11.2 Å². The van der Waals surface area contributed by atoms with Crippen molar-refractivity contribution in [1.82, 2.24) is 24.6 Å². The molecule has 0 spiro atoms. The monoisotopic (exact) mass is 761 g/mol. The highest BCUT2D eigenvalue weighted by molar-refractivity contribution is 6.39. The summed E-state index contributed by atoms with van der Waals surface area (Å²) >= 11 is 21.0. The second-order valence-corrected chi connectivity index (χ2v) is 14.4. The number of methoxy groups -OCH3 is 1. The molecule has 268 valence electrons. The SMILES string of the molecule is COc1nc(-c2cccc(-c3cccc(-c4ccn5c(=O)c(C=O)cnc5c4)c3Cl)c2Cl)cc(Cl)c1CN(C[C@@H]1CCC(=O)N1)C(=O)OC(C)(C)C. The molecule has 1 aliphatic heterocycles. The van der Waals surface area contributed by atoms with Crippen LogP contribution in [0.4, 0.5) is 4.79 Å². The summed E-state index contributed by atoms with van der Waals surface area (Å²) in [5.41, 5.74) is 3.21. The Bertz CT molecular complexity index is 2290. The Morgan fingerprint density at radius 3 is 2.33 bits per heavy atom. The van der Waals surface area contributed by atoms with Crippen LogP contribution in [0.3, 0.4) is 0 Å². The summed E-state index contributed by atoms with van der Waals surface area (Å²) in [6, 6.07) is 15.9. The first kappa shape index (κ1) is 36.8. The molecule has 4 heterocycles. The van der Waals surface area contributed by atoms with E-state index in [0.29, 0.717) is 73.9 Å². The molecule has 3 aromatic heterocycles. The van der Waals surface area contributed by atoms with Gasteiger partial charge in [-0.25, -0.2) is 14.8 Å². The van der Waals surface area contributed by atoms with Crippen LogP contribution in [-0.2, 0) is 16.1 Å². The van der Waals surface area contributed by atoms with Gasteiger partial charge in [-0.1, -0.05) is 71.2 Å².